The number of hydrogen-bond donors (Lipinski definition) is 0. The molecular weight excluding hydrogens is 459 g/mol. The Kier molecular flexibility index (Phi) is 7.64. The molecule has 0 atom stereocenters. The van der Waals surface area contributed by atoms with E-state index >= 15 is 0 Å². The van der Waals surface area contributed by atoms with Crippen molar-refractivity contribution in [3.8, 4) is 5.75 Å². The molecule has 1 aliphatic carbocycles. The van der Waals surface area contributed by atoms with Crippen molar-refractivity contribution in [1.29, 1.82) is 0 Å². The van der Waals surface area contributed by atoms with Crippen LogP contribution in [0.15, 0.2) is 102 Å². The summed E-state index contributed by atoms with van der Waals surface area (Å²) in [5.41, 5.74) is 0.375. The van der Waals surface area contributed by atoms with Crippen LogP contribution in [-0.4, -0.2) is 13.3 Å². The summed E-state index contributed by atoms with van der Waals surface area (Å²) >= 11 is 0. The molecule has 0 amide bonds. The number of halogens is 4. The molecule has 0 spiro atoms. The molecule has 0 heterocycles. The van der Waals surface area contributed by atoms with E-state index in [9.17, 15) is 17.6 Å². The van der Waals surface area contributed by atoms with Crippen LogP contribution in [0.3, 0.4) is 0 Å². The third kappa shape index (κ3) is 5.00. The summed E-state index contributed by atoms with van der Waals surface area (Å²) in [6, 6.07) is 19.5. The minimum atomic E-state index is -2.92. The summed E-state index contributed by atoms with van der Waals surface area (Å²) in [5, 5.41) is 3.12. The van der Waals surface area contributed by atoms with E-state index in [1.54, 1.807) is 6.07 Å². The van der Waals surface area contributed by atoms with E-state index in [4.69, 9.17) is 4.74 Å². The van der Waals surface area contributed by atoms with Gasteiger partial charge in [-0.25, -0.2) is 0 Å². The number of rotatable bonds is 8. The van der Waals surface area contributed by atoms with Gasteiger partial charge in [0.15, 0.2) is 0 Å². The fourth-order valence-corrected chi connectivity index (χ4v) is 9.40. The maximum absolute atomic E-state index is 14.2. The number of hydrogen-bond acceptors (Lipinski definition) is 1. The number of allylic oxidation sites excluding steroid dienone is 6. The van der Waals surface area contributed by atoms with Crippen LogP contribution in [0.4, 0.5) is 17.6 Å². The predicted octanol–water partition coefficient (Wildman–Crippen LogP) is 6.75. The van der Waals surface area contributed by atoms with E-state index in [-0.39, 0.29) is 6.61 Å². The zero-order valence-electron chi connectivity index (χ0n) is 18.5. The zero-order valence-corrected chi connectivity index (χ0v) is 19.5. The Labute approximate surface area is 197 Å². The van der Waals surface area contributed by atoms with E-state index in [0.717, 1.165) is 28.1 Å². The molecule has 0 bridgehead atoms. The molecule has 1 aliphatic rings. The van der Waals surface area contributed by atoms with Gasteiger partial charge in [-0.15, -0.1) is 0 Å². The average Bonchev–Trinajstić information content (AvgIpc) is 3.15. The van der Waals surface area contributed by atoms with Crippen LogP contribution in [0.5, 0.6) is 5.75 Å². The van der Waals surface area contributed by atoms with Gasteiger partial charge in [0.25, 0.3) is 0 Å². The van der Waals surface area contributed by atoms with Crippen molar-refractivity contribution in [1.82, 2.24) is 0 Å². The van der Waals surface area contributed by atoms with Crippen LogP contribution < -0.4 is 15.3 Å². The quantitative estimate of drug-likeness (QED) is 0.195. The van der Waals surface area contributed by atoms with E-state index in [0.29, 0.717) is 23.9 Å². The molecule has 176 valence electrons. The molecule has 4 rings (SSSR count). The van der Waals surface area contributed by atoms with Gasteiger partial charge in [0.05, 0.1) is 0 Å². The molecule has 3 aromatic rings. The van der Waals surface area contributed by atoms with Gasteiger partial charge in [0, 0.05) is 0 Å². The van der Waals surface area contributed by atoms with Crippen molar-refractivity contribution in [2.75, 3.05) is 13.3 Å². The van der Waals surface area contributed by atoms with Crippen LogP contribution in [0.2, 0.25) is 0 Å². The Bertz CT molecular complexity index is 1210. The first-order valence-electron chi connectivity index (χ1n) is 11.1. The second kappa shape index (κ2) is 10.8. The zero-order chi connectivity index (χ0) is 24.0. The normalized spacial score (nSPS) is 13.9. The molecule has 34 heavy (non-hydrogen) atoms. The molecule has 3 aromatic carbocycles. The third-order valence-electron chi connectivity index (χ3n) is 5.99. The van der Waals surface area contributed by atoms with Gasteiger partial charge in [0.2, 0.25) is 0 Å². The van der Waals surface area contributed by atoms with Crippen LogP contribution >= 0.6 is 7.26 Å². The van der Waals surface area contributed by atoms with Gasteiger partial charge in [-0.3, -0.25) is 0 Å². The second-order valence-electron chi connectivity index (χ2n) is 8.10. The molecule has 1 nitrogen and oxygen atoms in total. The van der Waals surface area contributed by atoms with E-state index in [1.807, 2.05) is 66.8 Å². The summed E-state index contributed by atoms with van der Waals surface area (Å²) in [5.74, 6) is -3.36. The van der Waals surface area contributed by atoms with E-state index < -0.39 is 31.4 Å². The maximum atomic E-state index is 14.2. The number of alkyl halides is 1. The fraction of sp³-hybridized carbons (Fsp3) is 0.143. The van der Waals surface area contributed by atoms with E-state index in [2.05, 4.69) is 12.2 Å². The second-order valence-corrected chi connectivity index (χ2v) is 12.1. The fourth-order valence-electron chi connectivity index (χ4n) is 4.50. The first-order valence-corrected chi connectivity index (χ1v) is 13.3. The van der Waals surface area contributed by atoms with Gasteiger partial charge in [-0.05, 0) is 0 Å². The Hall–Kier alpha value is -3.17. The van der Waals surface area contributed by atoms with Crippen LogP contribution in [0, 0.1) is 17.5 Å². The molecule has 0 saturated heterocycles. The molecular formula is C28H25F4OP. The standard InChI is InChI=1S/C28H25F4OP/c29-15-16-33-22-9-8-14-25(19-22)34(24-12-6-3-7-13-24,23-10-4-1-2-5-11-23)20-21-17-26(30)28(32)27(31)18-21/h1-10,12-14,17-19,34H,11,15-16,20H2. The van der Waals surface area contributed by atoms with Crippen molar-refractivity contribution >= 4 is 17.9 Å². The molecule has 0 unspecified atom stereocenters. The van der Waals surface area contributed by atoms with Gasteiger partial charge in [-0.1, -0.05) is 0 Å². The van der Waals surface area contributed by atoms with Crippen molar-refractivity contribution in [2.24, 2.45) is 0 Å². The summed E-state index contributed by atoms with van der Waals surface area (Å²) in [6.45, 7) is -0.674. The van der Waals surface area contributed by atoms with Crippen molar-refractivity contribution in [3.05, 3.63) is 125 Å². The summed E-state index contributed by atoms with van der Waals surface area (Å²) in [4.78, 5) is 0. The first kappa shape index (κ1) is 24.0. The van der Waals surface area contributed by atoms with Gasteiger partial charge >= 0.3 is 197 Å². The minimum absolute atomic E-state index is 0.0636. The first-order chi connectivity index (χ1) is 16.5. The molecule has 0 saturated carbocycles. The Morgan fingerprint density at radius 2 is 1.53 bits per heavy atom. The molecule has 0 N–H and O–H groups in total. The Balaban J connectivity index is 1.97. The number of ether oxygens (including phenoxy) is 1. The van der Waals surface area contributed by atoms with Crippen molar-refractivity contribution in [3.63, 3.8) is 0 Å². The summed E-state index contributed by atoms with van der Waals surface area (Å²) in [7, 11) is -2.92. The van der Waals surface area contributed by atoms with Crippen LogP contribution in [-0.2, 0) is 6.16 Å². The Morgan fingerprint density at radius 1 is 0.794 bits per heavy atom. The van der Waals surface area contributed by atoms with Crippen molar-refractivity contribution < 1.29 is 22.3 Å². The predicted molar refractivity (Wildman–Crippen MR) is 133 cm³/mol. The summed E-state index contributed by atoms with van der Waals surface area (Å²) in [6.07, 6.45) is 10.9. The van der Waals surface area contributed by atoms with Gasteiger partial charge in [0.1, 0.15) is 0 Å². The average molecular weight is 484 g/mol. The monoisotopic (exact) mass is 484 g/mol. The van der Waals surface area contributed by atoms with Gasteiger partial charge < -0.3 is 0 Å². The van der Waals surface area contributed by atoms with E-state index in [1.165, 1.54) is 0 Å². The SMILES string of the molecule is FCCOc1cccc([PH](Cc2cc(F)c(F)c(F)c2)(C2=CC=CC=CC2)c2ccccc2)c1. The third-order valence-corrected chi connectivity index (χ3v) is 11.0. The topological polar surface area (TPSA) is 9.23 Å². The Morgan fingerprint density at radius 3 is 2.26 bits per heavy atom. The van der Waals surface area contributed by atoms with Crippen LogP contribution in [0.25, 0.3) is 0 Å². The van der Waals surface area contributed by atoms with Crippen LogP contribution in [0.1, 0.15) is 12.0 Å². The van der Waals surface area contributed by atoms with Crippen molar-refractivity contribution in [2.45, 2.75) is 12.6 Å². The number of benzene rings is 3. The molecule has 0 aromatic heterocycles. The molecule has 0 fully saturated rings. The molecule has 0 aliphatic heterocycles. The van der Waals surface area contributed by atoms with Gasteiger partial charge in [-0.2, -0.15) is 0 Å². The summed E-state index contributed by atoms with van der Waals surface area (Å²) < 4.78 is 60.6. The molecule has 6 heteroatoms. The molecule has 0 radical (unpaired) electrons.